The van der Waals surface area contributed by atoms with Crippen LogP contribution < -0.4 is 0 Å². The number of carbonyl (C=O) groups excluding carboxylic acids is 1. The van der Waals surface area contributed by atoms with Crippen LogP contribution in [0.4, 0.5) is 13.2 Å². The molecule has 2 rings (SSSR count). The first-order valence-electron chi connectivity index (χ1n) is 5.75. The molecule has 0 amide bonds. The summed E-state index contributed by atoms with van der Waals surface area (Å²) >= 11 is 0. The number of nitrogens with zero attached hydrogens (tertiary/aromatic N) is 1. The van der Waals surface area contributed by atoms with Crippen LogP contribution in [0, 0.1) is 0 Å². The molecule has 0 aliphatic carbocycles. The molecule has 0 spiro atoms. The number of hydrogen-bond donors (Lipinski definition) is 2. The first kappa shape index (κ1) is 14.8. The topological polar surface area (TPSA) is 92.3 Å². The zero-order valence-corrected chi connectivity index (χ0v) is 10.6. The van der Waals surface area contributed by atoms with Crippen molar-refractivity contribution in [1.82, 2.24) is 9.97 Å². The molecule has 0 aliphatic heterocycles. The van der Waals surface area contributed by atoms with Gasteiger partial charge in [-0.3, -0.25) is 0 Å². The molecule has 6 nitrogen and oxygen atoms in total. The quantitative estimate of drug-likeness (QED) is 0.850. The van der Waals surface area contributed by atoms with E-state index in [-0.39, 0.29) is 23.3 Å². The number of aromatic carboxylic acids is 1. The summed E-state index contributed by atoms with van der Waals surface area (Å²) < 4.78 is 43.4. The molecule has 9 heteroatoms. The maximum Gasteiger partial charge on any atom is 0.434 e. The lowest BCUT2D eigenvalue weighted by Crippen LogP contribution is -2.17. The maximum atomic E-state index is 12.9. The molecule has 0 bridgehead atoms. The fourth-order valence-electron chi connectivity index (χ4n) is 1.75. The number of esters is 1. The number of halogens is 3. The zero-order chi connectivity index (χ0) is 15.8. The Balaban J connectivity index is 2.68. The van der Waals surface area contributed by atoms with Gasteiger partial charge in [-0.05, 0) is 19.1 Å². The molecule has 0 atom stereocenters. The summed E-state index contributed by atoms with van der Waals surface area (Å²) in [6.07, 6.45) is -4.87. The number of alkyl halides is 3. The highest BCUT2D eigenvalue weighted by Crippen LogP contribution is 2.32. The van der Waals surface area contributed by atoms with E-state index in [0.29, 0.717) is 0 Å². The maximum absolute atomic E-state index is 12.9. The van der Waals surface area contributed by atoms with Gasteiger partial charge in [-0.2, -0.15) is 13.2 Å². The molecular weight excluding hydrogens is 293 g/mol. The summed E-state index contributed by atoms with van der Waals surface area (Å²) in [6.45, 7) is 1.36. The van der Waals surface area contributed by atoms with Crippen LogP contribution >= 0.6 is 0 Å². The van der Waals surface area contributed by atoms with E-state index in [0.717, 1.165) is 12.1 Å². The summed E-state index contributed by atoms with van der Waals surface area (Å²) in [5.41, 5.74) is -2.78. The van der Waals surface area contributed by atoms with Crippen LogP contribution in [-0.2, 0) is 10.9 Å². The Labute approximate surface area is 115 Å². The van der Waals surface area contributed by atoms with E-state index in [1.807, 2.05) is 0 Å². The normalized spacial score (nSPS) is 11.6. The van der Waals surface area contributed by atoms with Crippen molar-refractivity contribution in [3.05, 3.63) is 29.1 Å². The molecular formula is C12H9F3N2O4. The van der Waals surface area contributed by atoms with Crippen molar-refractivity contribution in [2.45, 2.75) is 13.1 Å². The van der Waals surface area contributed by atoms with E-state index < -0.39 is 29.4 Å². The van der Waals surface area contributed by atoms with E-state index >= 15 is 0 Å². The minimum Gasteiger partial charge on any atom is -0.477 e. The van der Waals surface area contributed by atoms with Gasteiger partial charge < -0.3 is 14.8 Å². The van der Waals surface area contributed by atoms with Crippen molar-refractivity contribution >= 4 is 23.0 Å². The summed E-state index contributed by atoms with van der Waals surface area (Å²) in [5.74, 6) is -2.52. The molecule has 0 unspecified atom stereocenters. The minimum absolute atomic E-state index is 0.0726. The van der Waals surface area contributed by atoms with Gasteiger partial charge >= 0.3 is 18.1 Å². The predicted molar refractivity (Wildman–Crippen MR) is 64.0 cm³/mol. The van der Waals surface area contributed by atoms with Gasteiger partial charge in [-0.25, -0.2) is 14.6 Å². The fraction of sp³-hybridized carbons (Fsp3) is 0.250. The van der Waals surface area contributed by atoms with Crippen LogP contribution in [0.2, 0.25) is 0 Å². The van der Waals surface area contributed by atoms with E-state index in [1.165, 1.54) is 6.92 Å². The standard InChI is InChI=1S/C12H9F3N2O4/c1-2-21-11(20)6-3-5-4-7(10(18)19)16-9(5)17-8(6)12(13,14)15/h3-4H,2H2,1H3,(H,16,17)(H,18,19). The van der Waals surface area contributed by atoms with E-state index in [2.05, 4.69) is 14.7 Å². The highest BCUT2D eigenvalue weighted by atomic mass is 19.4. The Morgan fingerprint density at radius 2 is 2.05 bits per heavy atom. The van der Waals surface area contributed by atoms with Gasteiger partial charge in [0.25, 0.3) is 0 Å². The van der Waals surface area contributed by atoms with Crippen LogP contribution in [0.1, 0.15) is 33.5 Å². The van der Waals surface area contributed by atoms with Gasteiger partial charge in [0.15, 0.2) is 5.69 Å². The lowest BCUT2D eigenvalue weighted by atomic mass is 10.1. The number of rotatable bonds is 3. The van der Waals surface area contributed by atoms with Crippen molar-refractivity contribution < 1.29 is 32.6 Å². The minimum atomic E-state index is -4.87. The molecule has 0 saturated carbocycles. The molecule has 0 saturated heterocycles. The number of aromatic amines is 1. The molecule has 2 aromatic rings. The second-order valence-electron chi connectivity index (χ2n) is 4.03. The Hall–Kier alpha value is -2.58. The van der Waals surface area contributed by atoms with Crippen LogP contribution in [0.3, 0.4) is 0 Å². The van der Waals surface area contributed by atoms with Crippen molar-refractivity contribution in [1.29, 1.82) is 0 Å². The van der Waals surface area contributed by atoms with Gasteiger partial charge in [0, 0.05) is 5.39 Å². The van der Waals surface area contributed by atoms with Crippen molar-refractivity contribution in [2.24, 2.45) is 0 Å². The monoisotopic (exact) mass is 302 g/mol. The number of nitrogens with one attached hydrogen (secondary N) is 1. The van der Waals surface area contributed by atoms with Crippen LogP contribution in [0.25, 0.3) is 11.0 Å². The molecule has 0 aromatic carbocycles. The second-order valence-corrected chi connectivity index (χ2v) is 4.03. The summed E-state index contributed by atoms with van der Waals surface area (Å²) in [5, 5.41) is 8.88. The number of H-pyrrole nitrogens is 1. The van der Waals surface area contributed by atoms with Gasteiger partial charge in [0.2, 0.25) is 0 Å². The average Bonchev–Trinajstić information content (AvgIpc) is 2.79. The SMILES string of the molecule is CCOC(=O)c1cc2cc(C(=O)O)[nH]c2nc1C(F)(F)F. The van der Waals surface area contributed by atoms with Crippen molar-refractivity contribution in [2.75, 3.05) is 6.61 Å². The average molecular weight is 302 g/mol. The molecule has 2 heterocycles. The number of fused-ring (bicyclic) bond motifs is 1. The van der Waals surface area contributed by atoms with Crippen LogP contribution in [0.5, 0.6) is 0 Å². The molecule has 0 aliphatic rings. The third kappa shape index (κ3) is 2.81. The molecule has 112 valence electrons. The number of aromatic nitrogens is 2. The highest BCUT2D eigenvalue weighted by Gasteiger charge is 2.38. The lowest BCUT2D eigenvalue weighted by Gasteiger charge is -2.11. The van der Waals surface area contributed by atoms with Gasteiger partial charge in [-0.15, -0.1) is 0 Å². The van der Waals surface area contributed by atoms with Crippen molar-refractivity contribution in [3.63, 3.8) is 0 Å². The van der Waals surface area contributed by atoms with Gasteiger partial charge in [0.05, 0.1) is 12.2 Å². The number of carboxylic acids is 1. The Bertz CT molecular complexity index is 721. The van der Waals surface area contributed by atoms with Gasteiger partial charge in [-0.1, -0.05) is 0 Å². The summed E-state index contributed by atoms with van der Waals surface area (Å²) in [6, 6.07) is 2.00. The number of carbonyl (C=O) groups is 2. The Morgan fingerprint density at radius 1 is 1.38 bits per heavy atom. The molecule has 2 aromatic heterocycles. The van der Waals surface area contributed by atoms with E-state index in [9.17, 15) is 22.8 Å². The summed E-state index contributed by atoms with van der Waals surface area (Å²) in [4.78, 5) is 28.0. The number of pyridine rings is 1. The largest absolute Gasteiger partial charge is 0.477 e. The first-order chi connectivity index (χ1) is 9.74. The lowest BCUT2D eigenvalue weighted by molar-refractivity contribution is -0.141. The molecule has 0 radical (unpaired) electrons. The van der Waals surface area contributed by atoms with Gasteiger partial charge in [0.1, 0.15) is 11.3 Å². The predicted octanol–water partition coefficient (Wildman–Crippen LogP) is 2.46. The fourth-order valence-corrected chi connectivity index (χ4v) is 1.75. The molecule has 2 N–H and O–H groups in total. The van der Waals surface area contributed by atoms with E-state index in [1.54, 1.807) is 0 Å². The summed E-state index contributed by atoms with van der Waals surface area (Å²) in [7, 11) is 0. The molecule has 0 fully saturated rings. The Kier molecular flexibility index (Phi) is 3.58. The third-order valence-electron chi connectivity index (χ3n) is 2.60. The number of ether oxygens (including phenoxy) is 1. The van der Waals surface area contributed by atoms with Crippen LogP contribution in [0.15, 0.2) is 12.1 Å². The number of carboxylic acid groups (broad SMARTS) is 1. The van der Waals surface area contributed by atoms with Crippen LogP contribution in [-0.4, -0.2) is 33.6 Å². The molecule has 21 heavy (non-hydrogen) atoms. The van der Waals surface area contributed by atoms with Crippen molar-refractivity contribution in [3.8, 4) is 0 Å². The second kappa shape index (κ2) is 5.08. The first-order valence-corrected chi connectivity index (χ1v) is 5.75. The number of hydrogen-bond acceptors (Lipinski definition) is 4. The smallest absolute Gasteiger partial charge is 0.434 e. The highest BCUT2D eigenvalue weighted by molar-refractivity contribution is 5.97. The third-order valence-corrected chi connectivity index (χ3v) is 2.60. The Morgan fingerprint density at radius 3 is 2.57 bits per heavy atom. The zero-order valence-electron chi connectivity index (χ0n) is 10.6. The van der Waals surface area contributed by atoms with E-state index in [4.69, 9.17) is 5.11 Å².